The molecule has 2 heterocycles. The summed E-state index contributed by atoms with van der Waals surface area (Å²) in [5, 5.41) is 10.7. The Kier molecular flexibility index (Phi) is 4.16. The van der Waals surface area contributed by atoms with Gasteiger partial charge in [0.1, 0.15) is 6.04 Å². The number of nitrogens with one attached hydrogen (secondary N) is 3. The molecule has 3 amide bonds. The summed E-state index contributed by atoms with van der Waals surface area (Å²) in [5.41, 5.74) is 0.900. The van der Waals surface area contributed by atoms with Crippen LogP contribution in [0.25, 0.3) is 0 Å². The fraction of sp³-hybridized carbons (Fsp3) is 0.417. The molecular weight excluding hydrogens is 266 g/mol. The van der Waals surface area contributed by atoms with Gasteiger partial charge in [-0.3, -0.25) is 19.7 Å². The third kappa shape index (κ3) is 3.31. The van der Waals surface area contributed by atoms with Gasteiger partial charge in [-0.1, -0.05) is 0 Å². The molecule has 19 heavy (non-hydrogen) atoms. The Bertz CT molecular complexity index is 512. The highest BCUT2D eigenvalue weighted by atomic mass is 32.1. The van der Waals surface area contributed by atoms with Gasteiger partial charge in [0.25, 0.3) is 0 Å². The van der Waals surface area contributed by atoms with E-state index < -0.39 is 11.9 Å². The van der Waals surface area contributed by atoms with Crippen molar-refractivity contribution < 1.29 is 14.4 Å². The maximum atomic E-state index is 11.9. The second kappa shape index (κ2) is 5.83. The van der Waals surface area contributed by atoms with Crippen LogP contribution >= 0.6 is 11.3 Å². The van der Waals surface area contributed by atoms with E-state index in [1.807, 2.05) is 11.4 Å². The summed E-state index contributed by atoms with van der Waals surface area (Å²) < 4.78 is 0. The van der Waals surface area contributed by atoms with Crippen molar-refractivity contribution in [2.45, 2.75) is 25.3 Å². The van der Waals surface area contributed by atoms with Crippen LogP contribution < -0.4 is 16.0 Å². The molecule has 1 unspecified atom stereocenters. The van der Waals surface area contributed by atoms with E-state index in [-0.39, 0.29) is 24.7 Å². The Labute approximate surface area is 114 Å². The number of imide groups is 1. The lowest BCUT2D eigenvalue weighted by molar-refractivity contribution is -0.137. The Balaban J connectivity index is 1.91. The van der Waals surface area contributed by atoms with E-state index in [9.17, 15) is 14.4 Å². The number of carbonyl (C=O) groups is 3. The van der Waals surface area contributed by atoms with Crippen LogP contribution in [-0.2, 0) is 20.8 Å². The van der Waals surface area contributed by atoms with Crippen LogP contribution in [0.2, 0.25) is 0 Å². The lowest BCUT2D eigenvalue weighted by atomic mass is 10.1. The molecule has 0 aromatic carbocycles. The maximum absolute atomic E-state index is 11.9. The number of carbonyl (C=O) groups excluding carboxylic acids is 3. The van der Waals surface area contributed by atoms with Crippen molar-refractivity contribution in [3.8, 4) is 0 Å². The summed E-state index contributed by atoms with van der Waals surface area (Å²) in [6.07, 6.45) is 0.841. The quantitative estimate of drug-likeness (QED) is 0.691. The van der Waals surface area contributed by atoms with Crippen LogP contribution in [0.1, 0.15) is 18.4 Å². The molecule has 1 atom stereocenters. The maximum Gasteiger partial charge on any atom is 0.249 e. The number of thiophene rings is 1. The zero-order valence-corrected chi connectivity index (χ0v) is 11.3. The van der Waals surface area contributed by atoms with Crippen LogP contribution in [0.15, 0.2) is 11.4 Å². The molecule has 6 nitrogen and oxygen atoms in total. The molecular formula is C12H15N3O3S. The number of anilines is 1. The van der Waals surface area contributed by atoms with Crippen LogP contribution in [0.3, 0.4) is 0 Å². The molecule has 0 spiro atoms. The molecule has 102 valence electrons. The molecule has 1 aliphatic rings. The highest BCUT2D eigenvalue weighted by molar-refractivity contribution is 7.14. The van der Waals surface area contributed by atoms with Gasteiger partial charge in [-0.25, -0.2) is 0 Å². The van der Waals surface area contributed by atoms with Crippen molar-refractivity contribution in [1.82, 2.24) is 10.6 Å². The van der Waals surface area contributed by atoms with Gasteiger partial charge < -0.3 is 10.6 Å². The molecule has 1 saturated heterocycles. The van der Waals surface area contributed by atoms with E-state index in [0.29, 0.717) is 6.42 Å². The Morgan fingerprint density at radius 2 is 2.32 bits per heavy atom. The second-order valence-corrected chi connectivity index (χ2v) is 5.19. The number of hydrogen-bond acceptors (Lipinski definition) is 5. The minimum atomic E-state index is -0.609. The molecule has 1 aliphatic heterocycles. The van der Waals surface area contributed by atoms with Gasteiger partial charge in [0, 0.05) is 13.5 Å². The van der Waals surface area contributed by atoms with Crippen LogP contribution in [-0.4, -0.2) is 30.8 Å². The normalized spacial score (nSPS) is 18.9. The summed E-state index contributed by atoms with van der Waals surface area (Å²) in [6, 6.07) is 1.27. The molecule has 2 rings (SSSR count). The van der Waals surface area contributed by atoms with Crippen LogP contribution in [0, 0.1) is 0 Å². The predicted octanol–water partition coefficient (Wildman–Crippen LogP) is 0.254. The first-order valence-electron chi connectivity index (χ1n) is 5.97. The van der Waals surface area contributed by atoms with Crippen molar-refractivity contribution >= 4 is 34.1 Å². The van der Waals surface area contributed by atoms with E-state index in [1.54, 1.807) is 7.05 Å². The summed E-state index contributed by atoms with van der Waals surface area (Å²) >= 11 is 1.52. The van der Waals surface area contributed by atoms with E-state index in [1.165, 1.54) is 11.3 Å². The Morgan fingerprint density at radius 1 is 1.53 bits per heavy atom. The fourth-order valence-electron chi connectivity index (χ4n) is 1.94. The zero-order chi connectivity index (χ0) is 13.8. The molecule has 1 aromatic rings. The minimum Gasteiger partial charge on any atom is -0.380 e. The average molecular weight is 281 g/mol. The molecule has 7 heteroatoms. The highest BCUT2D eigenvalue weighted by Crippen LogP contribution is 2.22. The standard InChI is InChI=1S/C12H15N3O3S/c1-13-12-7(4-5-19-12)6-10(17)14-8-2-3-9(16)15-11(8)18/h4-5,8,13H,2-3,6H2,1H3,(H,14,17)(H,15,16,18). The third-order valence-corrected chi connectivity index (χ3v) is 3.87. The number of hydrogen-bond donors (Lipinski definition) is 3. The summed E-state index contributed by atoms with van der Waals surface area (Å²) in [6.45, 7) is 0. The molecule has 1 fully saturated rings. The molecule has 1 aromatic heterocycles. The average Bonchev–Trinajstić information content (AvgIpc) is 2.80. The van der Waals surface area contributed by atoms with Crippen molar-refractivity contribution in [2.24, 2.45) is 0 Å². The van der Waals surface area contributed by atoms with Crippen molar-refractivity contribution in [2.75, 3.05) is 12.4 Å². The first-order chi connectivity index (χ1) is 9.10. The van der Waals surface area contributed by atoms with Gasteiger partial charge in [0.2, 0.25) is 17.7 Å². The molecule has 0 aliphatic carbocycles. The highest BCUT2D eigenvalue weighted by Gasteiger charge is 2.27. The molecule has 3 N–H and O–H groups in total. The SMILES string of the molecule is CNc1sccc1CC(=O)NC1CCC(=O)NC1=O. The van der Waals surface area contributed by atoms with Gasteiger partial charge >= 0.3 is 0 Å². The van der Waals surface area contributed by atoms with Gasteiger partial charge in [-0.05, 0) is 23.4 Å². The van der Waals surface area contributed by atoms with E-state index in [4.69, 9.17) is 0 Å². The van der Waals surface area contributed by atoms with Gasteiger partial charge in [0.05, 0.1) is 11.4 Å². The topological polar surface area (TPSA) is 87.3 Å². The van der Waals surface area contributed by atoms with E-state index in [2.05, 4.69) is 16.0 Å². The van der Waals surface area contributed by atoms with Crippen LogP contribution in [0.5, 0.6) is 0 Å². The van der Waals surface area contributed by atoms with E-state index >= 15 is 0 Å². The largest absolute Gasteiger partial charge is 0.380 e. The molecule has 0 radical (unpaired) electrons. The molecule has 0 bridgehead atoms. The van der Waals surface area contributed by atoms with Gasteiger partial charge in [-0.2, -0.15) is 0 Å². The first kappa shape index (κ1) is 13.5. The van der Waals surface area contributed by atoms with Crippen LogP contribution in [0.4, 0.5) is 5.00 Å². The van der Waals surface area contributed by atoms with Gasteiger partial charge in [0.15, 0.2) is 0 Å². The third-order valence-electron chi connectivity index (χ3n) is 2.90. The van der Waals surface area contributed by atoms with E-state index in [0.717, 1.165) is 10.6 Å². The fourth-order valence-corrected chi connectivity index (χ4v) is 2.72. The number of piperidine rings is 1. The lowest BCUT2D eigenvalue weighted by Gasteiger charge is -2.21. The van der Waals surface area contributed by atoms with Gasteiger partial charge in [-0.15, -0.1) is 11.3 Å². The summed E-state index contributed by atoms with van der Waals surface area (Å²) in [7, 11) is 1.80. The predicted molar refractivity (Wildman–Crippen MR) is 71.9 cm³/mol. The number of rotatable bonds is 4. The second-order valence-electron chi connectivity index (χ2n) is 4.27. The Morgan fingerprint density at radius 3 is 3.00 bits per heavy atom. The van der Waals surface area contributed by atoms with Crippen molar-refractivity contribution in [1.29, 1.82) is 0 Å². The van der Waals surface area contributed by atoms with Crippen molar-refractivity contribution in [3.05, 3.63) is 17.0 Å². The summed E-state index contributed by atoms with van der Waals surface area (Å²) in [4.78, 5) is 34.4. The lowest BCUT2D eigenvalue weighted by Crippen LogP contribution is -2.52. The number of amides is 3. The molecule has 0 saturated carbocycles. The zero-order valence-electron chi connectivity index (χ0n) is 10.5. The monoisotopic (exact) mass is 281 g/mol. The minimum absolute atomic E-state index is 0.218. The smallest absolute Gasteiger partial charge is 0.249 e. The first-order valence-corrected chi connectivity index (χ1v) is 6.85. The summed E-state index contributed by atoms with van der Waals surface area (Å²) in [5.74, 6) is -0.932. The Hall–Kier alpha value is -1.89. The van der Waals surface area contributed by atoms with Crippen molar-refractivity contribution in [3.63, 3.8) is 0 Å².